The van der Waals surface area contributed by atoms with E-state index in [4.69, 9.17) is 32.7 Å². The van der Waals surface area contributed by atoms with Crippen LogP contribution in [0.2, 0.25) is 10.4 Å². The second-order valence-corrected chi connectivity index (χ2v) is 7.14. The summed E-state index contributed by atoms with van der Waals surface area (Å²) >= 11 is 11.9. The van der Waals surface area contributed by atoms with Crippen LogP contribution < -0.4 is 0 Å². The van der Waals surface area contributed by atoms with Gasteiger partial charge in [-0.2, -0.15) is 4.98 Å². The van der Waals surface area contributed by atoms with Crippen molar-refractivity contribution >= 4 is 40.3 Å². The van der Waals surface area contributed by atoms with Crippen LogP contribution in [0.5, 0.6) is 0 Å². The van der Waals surface area contributed by atoms with E-state index in [1.54, 1.807) is 37.3 Å². The Balaban J connectivity index is 1.51. The van der Waals surface area contributed by atoms with Crippen LogP contribution >= 0.6 is 23.2 Å². The van der Waals surface area contributed by atoms with Crippen molar-refractivity contribution in [3.8, 4) is 0 Å². The average molecular weight is 425 g/mol. The summed E-state index contributed by atoms with van der Waals surface area (Å²) in [6, 6.07) is 8.57. The minimum atomic E-state index is -1.37. The molecule has 7 nitrogen and oxygen atoms in total. The molecule has 0 radical (unpaired) electrons. The van der Waals surface area contributed by atoms with Gasteiger partial charge in [-0.05, 0) is 23.7 Å². The summed E-state index contributed by atoms with van der Waals surface area (Å²) in [5.74, 6) is -1.01. The van der Waals surface area contributed by atoms with E-state index in [-0.39, 0.29) is 22.7 Å². The number of fused-ring (bicyclic) bond motifs is 1. The molecule has 2 aromatic heterocycles. The third-order valence-corrected chi connectivity index (χ3v) is 5.12. The number of ether oxygens (including phenoxy) is 2. The van der Waals surface area contributed by atoms with E-state index in [1.807, 2.05) is 0 Å². The molecule has 4 rings (SSSR count). The van der Waals surface area contributed by atoms with Gasteiger partial charge in [-0.15, -0.1) is 0 Å². The van der Waals surface area contributed by atoms with Crippen molar-refractivity contribution in [1.29, 1.82) is 0 Å². The number of hydrogen-bond acceptors (Lipinski definition) is 6. The van der Waals surface area contributed by atoms with Crippen molar-refractivity contribution in [2.45, 2.75) is 25.4 Å². The molecule has 1 fully saturated rings. The second-order valence-electron chi connectivity index (χ2n) is 6.44. The van der Waals surface area contributed by atoms with Gasteiger partial charge in [0.25, 0.3) is 0 Å². The van der Waals surface area contributed by atoms with Crippen LogP contribution in [-0.4, -0.2) is 44.4 Å². The van der Waals surface area contributed by atoms with Gasteiger partial charge in [0.1, 0.15) is 12.1 Å². The van der Waals surface area contributed by atoms with Crippen molar-refractivity contribution in [3.63, 3.8) is 0 Å². The molecule has 0 spiro atoms. The van der Waals surface area contributed by atoms with Crippen LogP contribution in [0.25, 0.3) is 11.2 Å². The molecular weight excluding hydrogens is 410 g/mol. The van der Waals surface area contributed by atoms with Crippen molar-refractivity contribution in [2.75, 3.05) is 6.61 Å². The molecule has 0 N–H and O–H groups in total. The van der Waals surface area contributed by atoms with Crippen molar-refractivity contribution in [2.24, 2.45) is 5.92 Å². The Morgan fingerprint density at radius 2 is 2.04 bits per heavy atom. The normalized spacial score (nSPS) is 24.6. The number of hydrogen-bond donors (Lipinski definition) is 0. The maximum absolute atomic E-state index is 14.9. The van der Waals surface area contributed by atoms with Crippen LogP contribution in [0.4, 0.5) is 4.39 Å². The van der Waals surface area contributed by atoms with Gasteiger partial charge in [0.05, 0.1) is 18.0 Å². The molecule has 1 aliphatic rings. The first-order valence-electron chi connectivity index (χ1n) is 8.53. The number of rotatable bonds is 4. The van der Waals surface area contributed by atoms with Crippen molar-refractivity contribution in [1.82, 2.24) is 19.5 Å². The summed E-state index contributed by atoms with van der Waals surface area (Å²) in [5, 5.41) is -0.00223. The van der Waals surface area contributed by atoms with Gasteiger partial charge in [-0.25, -0.2) is 19.2 Å². The Kier molecular flexibility index (Phi) is 5.18. The lowest BCUT2D eigenvalue weighted by Crippen LogP contribution is -2.25. The van der Waals surface area contributed by atoms with Gasteiger partial charge in [0, 0.05) is 5.92 Å². The molecule has 1 aromatic carbocycles. The van der Waals surface area contributed by atoms with Crippen molar-refractivity contribution < 1.29 is 18.7 Å². The molecule has 3 heterocycles. The number of halogens is 3. The average Bonchev–Trinajstić information content (AvgIpc) is 3.22. The second kappa shape index (κ2) is 7.62. The maximum atomic E-state index is 14.9. The highest BCUT2D eigenvalue weighted by molar-refractivity contribution is 6.35. The van der Waals surface area contributed by atoms with Gasteiger partial charge < -0.3 is 9.47 Å². The topological polar surface area (TPSA) is 79.1 Å². The molecule has 10 heteroatoms. The zero-order valence-electron chi connectivity index (χ0n) is 14.6. The quantitative estimate of drug-likeness (QED) is 0.359. The Bertz CT molecular complexity index is 1020. The van der Waals surface area contributed by atoms with E-state index in [1.165, 1.54) is 10.9 Å². The van der Waals surface area contributed by atoms with Crippen molar-refractivity contribution in [3.05, 3.63) is 52.7 Å². The molecule has 0 aliphatic carbocycles. The Morgan fingerprint density at radius 1 is 1.29 bits per heavy atom. The minimum absolute atomic E-state index is 0.0727. The van der Waals surface area contributed by atoms with Gasteiger partial charge in [0.15, 0.2) is 23.2 Å². The Morgan fingerprint density at radius 3 is 2.79 bits per heavy atom. The van der Waals surface area contributed by atoms with E-state index < -0.39 is 30.4 Å². The molecule has 0 bridgehead atoms. The van der Waals surface area contributed by atoms with Gasteiger partial charge in [-0.1, -0.05) is 36.7 Å². The van der Waals surface area contributed by atoms with Gasteiger partial charge in [-0.3, -0.25) is 4.57 Å². The Hall–Kier alpha value is -2.29. The molecule has 4 atom stereocenters. The number of carbonyl (C=O) groups is 1. The minimum Gasteiger partial charge on any atom is -0.459 e. The number of imidazole rings is 1. The molecule has 3 aromatic rings. The van der Waals surface area contributed by atoms with E-state index in [0.29, 0.717) is 11.1 Å². The number of alkyl halides is 1. The zero-order valence-corrected chi connectivity index (χ0v) is 16.1. The predicted octanol–water partition coefficient (Wildman–Crippen LogP) is 3.86. The van der Waals surface area contributed by atoms with Crippen LogP contribution in [-0.2, 0) is 9.47 Å². The van der Waals surface area contributed by atoms with E-state index in [9.17, 15) is 9.18 Å². The molecule has 28 heavy (non-hydrogen) atoms. The fourth-order valence-corrected chi connectivity index (χ4v) is 3.53. The van der Waals surface area contributed by atoms with Crippen LogP contribution in [0, 0.1) is 5.92 Å². The largest absolute Gasteiger partial charge is 0.459 e. The van der Waals surface area contributed by atoms with Crippen LogP contribution in [0.3, 0.4) is 0 Å². The highest BCUT2D eigenvalue weighted by atomic mass is 35.5. The Labute approximate surface area is 169 Å². The lowest BCUT2D eigenvalue weighted by molar-refractivity contribution is -0.0449. The van der Waals surface area contributed by atoms with Crippen LogP contribution in [0.1, 0.15) is 23.5 Å². The highest BCUT2D eigenvalue weighted by Gasteiger charge is 2.44. The number of nitrogens with zero attached hydrogens (tertiary/aromatic N) is 4. The lowest BCUT2D eigenvalue weighted by Gasteiger charge is -2.16. The zero-order chi connectivity index (χ0) is 19.8. The number of benzene rings is 1. The third kappa shape index (κ3) is 3.43. The monoisotopic (exact) mass is 424 g/mol. The van der Waals surface area contributed by atoms with E-state index >= 15 is 0 Å². The predicted molar refractivity (Wildman–Crippen MR) is 100 cm³/mol. The number of carbonyl (C=O) groups excluding carboxylic acids is 1. The summed E-state index contributed by atoms with van der Waals surface area (Å²) in [5.41, 5.74) is 0.989. The molecule has 146 valence electrons. The first-order chi connectivity index (χ1) is 13.5. The molecule has 1 saturated heterocycles. The van der Waals surface area contributed by atoms with E-state index in [0.717, 1.165) is 0 Å². The molecule has 0 unspecified atom stereocenters. The fraction of sp³-hybridized carbons (Fsp3) is 0.333. The third-order valence-electron chi connectivity index (χ3n) is 4.69. The van der Waals surface area contributed by atoms with Gasteiger partial charge in [0.2, 0.25) is 5.28 Å². The summed E-state index contributed by atoms with van der Waals surface area (Å²) in [7, 11) is 0. The molecule has 0 saturated carbocycles. The SMILES string of the molecule is C[C@H]1[C@H](F)[C@H](n2cnc3c(Cl)nc(Cl)nc32)O[C@@H]1COC(=O)c1ccccc1. The summed E-state index contributed by atoms with van der Waals surface area (Å²) < 4.78 is 27.5. The lowest BCUT2D eigenvalue weighted by atomic mass is 10.0. The summed E-state index contributed by atoms with van der Waals surface area (Å²) in [6.45, 7) is 1.62. The maximum Gasteiger partial charge on any atom is 0.338 e. The number of esters is 1. The van der Waals surface area contributed by atoms with Gasteiger partial charge >= 0.3 is 5.97 Å². The molecule has 0 amide bonds. The smallest absolute Gasteiger partial charge is 0.338 e. The fourth-order valence-electron chi connectivity index (χ4n) is 3.11. The van der Waals surface area contributed by atoms with Crippen LogP contribution in [0.15, 0.2) is 36.7 Å². The highest BCUT2D eigenvalue weighted by Crippen LogP contribution is 2.38. The standard InChI is InChI=1S/C18H15Cl2FN4O3/c1-9-11(7-27-17(26)10-5-3-2-4-6-10)28-16(12(9)21)25-8-22-13-14(19)23-18(20)24-15(13)25/h2-6,8-9,11-12,16H,7H2,1H3/t9-,11-,12+,16-/m1/s1. The summed E-state index contributed by atoms with van der Waals surface area (Å²) in [6.07, 6.45) is -1.62. The molecule has 1 aliphatic heterocycles. The van der Waals surface area contributed by atoms with E-state index in [2.05, 4.69) is 15.0 Å². The first-order valence-corrected chi connectivity index (χ1v) is 9.28. The molecular formula is C18H15Cl2FN4O3. The summed E-state index contributed by atoms with van der Waals surface area (Å²) in [4.78, 5) is 24.1. The number of aromatic nitrogens is 4. The first kappa shape index (κ1) is 19.0.